The summed E-state index contributed by atoms with van der Waals surface area (Å²) in [6, 6.07) is 16.1. The van der Waals surface area contributed by atoms with Crippen LogP contribution in [0.3, 0.4) is 0 Å². The van der Waals surface area contributed by atoms with Crippen LogP contribution in [0.25, 0.3) is 0 Å². The monoisotopic (exact) mass is 380 g/mol. The molecule has 1 unspecified atom stereocenters. The summed E-state index contributed by atoms with van der Waals surface area (Å²) in [5.74, 6) is -1.83. The fourth-order valence-corrected chi connectivity index (χ4v) is 3.54. The van der Waals surface area contributed by atoms with Crippen LogP contribution >= 0.6 is 0 Å². The summed E-state index contributed by atoms with van der Waals surface area (Å²) in [7, 11) is 0. The highest BCUT2D eigenvalue weighted by molar-refractivity contribution is 6.04. The number of hydrogen-bond donors (Lipinski definition) is 3. The molecule has 1 aliphatic rings. The van der Waals surface area contributed by atoms with E-state index >= 15 is 0 Å². The van der Waals surface area contributed by atoms with Crippen LogP contribution in [0, 0.1) is 11.8 Å². The lowest BCUT2D eigenvalue weighted by Crippen LogP contribution is -2.32. The number of rotatable bonds is 6. The smallest absolute Gasteiger partial charge is 0.306 e. The van der Waals surface area contributed by atoms with E-state index in [0.29, 0.717) is 30.5 Å². The predicted octanol–water partition coefficient (Wildman–Crippen LogP) is 3.62. The van der Waals surface area contributed by atoms with Crippen LogP contribution in [0.1, 0.15) is 48.1 Å². The molecule has 2 aromatic carbocycles. The van der Waals surface area contributed by atoms with Crippen LogP contribution in [0.5, 0.6) is 0 Å². The number of hydrogen-bond acceptors (Lipinski definition) is 3. The summed E-state index contributed by atoms with van der Waals surface area (Å²) >= 11 is 0. The first-order chi connectivity index (χ1) is 13.4. The highest BCUT2D eigenvalue weighted by Crippen LogP contribution is 2.31. The number of amides is 2. The molecule has 3 rings (SSSR count). The van der Waals surface area contributed by atoms with Crippen molar-refractivity contribution < 1.29 is 19.5 Å². The second-order valence-electron chi connectivity index (χ2n) is 7.22. The third kappa shape index (κ3) is 4.76. The van der Waals surface area contributed by atoms with Crippen molar-refractivity contribution in [1.82, 2.24) is 5.32 Å². The van der Waals surface area contributed by atoms with Crippen molar-refractivity contribution in [2.45, 2.75) is 32.2 Å². The van der Waals surface area contributed by atoms with Crippen LogP contribution in [-0.2, 0) is 9.59 Å². The molecule has 0 saturated heterocycles. The number of nitrogens with one attached hydrogen (secondary N) is 2. The molecule has 2 amide bonds. The average Bonchev–Trinajstić information content (AvgIpc) is 3.19. The second kappa shape index (κ2) is 8.69. The molecule has 0 aromatic heterocycles. The molecular formula is C22H24N2O4. The van der Waals surface area contributed by atoms with E-state index in [1.807, 2.05) is 31.2 Å². The minimum atomic E-state index is -0.829. The molecule has 0 spiro atoms. The molecule has 0 heterocycles. The van der Waals surface area contributed by atoms with Crippen LogP contribution in [0.15, 0.2) is 54.6 Å². The number of benzene rings is 2. The Morgan fingerprint density at radius 2 is 1.71 bits per heavy atom. The van der Waals surface area contributed by atoms with E-state index in [0.717, 1.165) is 5.56 Å². The molecule has 6 heteroatoms. The largest absolute Gasteiger partial charge is 0.481 e. The Morgan fingerprint density at radius 1 is 1.00 bits per heavy atom. The summed E-state index contributed by atoms with van der Waals surface area (Å²) in [5.41, 5.74) is 2.09. The summed E-state index contributed by atoms with van der Waals surface area (Å²) in [6.45, 7) is 1.87. The van der Waals surface area contributed by atoms with E-state index in [1.54, 1.807) is 30.3 Å². The van der Waals surface area contributed by atoms with E-state index in [-0.39, 0.29) is 23.8 Å². The first-order valence-corrected chi connectivity index (χ1v) is 9.43. The van der Waals surface area contributed by atoms with Crippen LogP contribution < -0.4 is 10.6 Å². The topological polar surface area (TPSA) is 95.5 Å². The second-order valence-corrected chi connectivity index (χ2v) is 7.22. The Labute approximate surface area is 164 Å². The Bertz CT molecular complexity index is 866. The van der Waals surface area contributed by atoms with Crippen molar-refractivity contribution in [3.63, 3.8) is 0 Å². The number of anilines is 1. The zero-order chi connectivity index (χ0) is 20.1. The lowest BCUT2D eigenvalue weighted by molar-refractivity contribution is -0.141. The summed E-state index contributed by atoms with van der Waals surface area (Å²) in [6.07, 6.45) is 1.53. The van der Waals surface area contributed by atoms with Gasteiger partial charge in [-0.05, 0) is 56.0 Å². The molecule has 0 aliphatic heterocycles. The number of carbonyl (C=O) groups is 3. The lowest BCUT2D eigenvalue weighted by Gasteiger charge is -2.18. The Morgan fingerprint density at radius 3 is 2.39 bits per heavy atom. The van der Waals surface area contributed by atoms with Crippen molar-refractivity contribution in [2.24, 2.45) is 11.8 Å². The van der Waals surface area contributed by atoms with Gasteiger partial charge in [0.15, 0.2) is 0 Å². The van der Waals surface area contributed by atoms with Gasteiger partial charge in [-0.1, -0.05) is 30.3 Å². The fourth-order valence-electron chi connectivity index (χ4n) is 3.54. The third-order valence-electron chi connectivity index (χ3n) is 5.19. The van der Waals surface area contributed by atoms with Crippen molar-refractivity contribution in [2.75, 3.05) is 5.32 Å². The molecule has 3 atom stereocenters. The number of aliphatic carboxylic acids is 1. The van der Waals surface area contributed by atoms with Gasteiger partial charge in [-0.3, -0.25) is 14.4 Å². The van der Waals surface area contributed by atoms with Crippen molar-refractivity contribution in [3.05, 3.63) is 65.7 Å². The summed E-state index contributed by atoms with van der Waals surface area (Å²) < 4.78 is 0. The Hall–Kier alpha value is -3.15. The maximum Gasteiger partial charge on any atom is 0.306 e. The molecule has 6 nitrogen and oxygen atoms in total. The molecule has 2 aromatic rings. The molecule has 146 valence electrons. The zero-order valence-electron chi connectivity index (χ0n) is 15.7. The standard InChI is InChI=1S/C22H24N2O4/c1-14(23-21(26)17-10-11-18(12-17)22(27)28)16-8-5-9-19(13-16)24-20(25)15-6-3-2-4-7-15/h2-9,13-14,17-18H,10-12H2,1H3,(H,23,26)(H,24,25)(H,27,28)/t14?,17-,18+/m1/s1. The van der Waals surface area contributed by atoms with Gasteiger partial charge in [-0.15, -0.1) is 0 Å². The normalized spacial score (nSPS) is 19.6. The SMILES string of the molecule is CC(NC(=O)[C@@H]1CC[C@H](C(=O)O)C1)c1cccc(NC(=O)c2ccccc2)c1. The summed E-state index contributed by atoms with van der Waals surface area (Å²) in [4.78, 5) is 35.9. The highest BCUT2D eigenvalue weighted by atomic mass is 16.4. The maximum absolute atomic E-state index is 12.5. The van der Waals surface area contributed by atoms with Crippen LogP contribution in [0.2, 0.25) is 0 Å². The molecule has 1 fully saturated rings. The van der Waals surface area contributed by atoms with E-state index < -0.39 is 11.9 Å². The van der Waals surface area contributed by atoms with Gasteiger partial charge in [0.25, 0.3) is 5.91 Å². The van der Waals surface area contributed by atoms with Gasteiger partial charge in [0.1, 0.15) is 0 Å². The van der Waals surface area contributed by atoms with E-state index in [1.165, 1.54) is 0 Å². The van der Waals surface area contributed by atoms with Crippen molar-refractivity contribution in [1.29, 1.82) is 0 Å². The minimum absolute atomic E-state index is 0.116. The van der Waals surface area contributed by atoms with Gasteiger partial charge >= 0.3 is 5.97 Å². The number of carbonyl (C=O) groups excluding carboxylic acids is 2. The first-order valence-electron chi connectivity index (χ1n) is 9.43. The van der Waals surface area contributed by atoms with Gasteiger partial charge < -0.3 is 15.7 Å². The van der Waals surface area contributed by atoms with E-state index in [4.69, 9.17) is 5.11 Å². The van der Waals surface area contributed by atoms with Gasteiger partial charge in [0.2, 0.25) is 5.91 Å². The van der Waals surface area contributed by atoms with Crippen LogP contribution in [0.4, 0.5) is 5.69 Å². The molecule has 28 heavy (non-hydrogen) atoms. The van der Waals surface area contributed by atoms with Crippen molar-refractivity contribution >= 4 is 23.5 Å². The molecule has 1 aliphatic carbocycles. The fraction of sp³-hybridized carbons (Fsp3) is 0.318. The number of carboxylic acids is 1. The quantitative estimate of drug-likeness (QED) is 0.713. The first kappa shape index (κ1) is 19.6. The highest BCUT2D eigenvalue weighted by Gasteiger charge is 2.34. The third-order valence-corrected chi connectivity index (χ3v) is 5.19. The van der Waals surface area contributed by atoms with Gasteiger partial charge in [0, 0.05) is 17.2 Å². The molecule has 1 saturated carbocycles. The van der Waals surface area contributed by atoms with Crippen LogP contribution in [-0.4, -0.2) is 22.9 Å². The average molecular weight is 380 g/mol. The van der Waals surface area contributed by atoms with E-state index in [2.05, 4.69) is 10.6 Å². The van der Waals surface area contributed by atoms with Gasteiger partial charge in [0.05, 0.1) is 12.0 Å². The van der Waals surface area contributed by atoms with Gasteiger partial charge in [-0.25, -0.2) is 0 Å². The molecular weight excluding hydrogens is 356 g/mol. The Kier molecular flexibility index (Phi) is 6.09. The minimum Gasteiger partial charge on any atom is -0.481 e. The maximum atomic E-state index is 12.5. The lowest BCUT2D eigenvalue weighted by atomic mass is 10.0. The zero-order valence-corrected chi connectivity index (χ0v) is 15.7. The van der Waals surface area contributed by atoms with Crippen molar-refractivity contribution in [3.8, 4) is 0 Å². The summed E-state index contributed by atoms with van der Waals surface area (Å²) in [5, 5.41) is 14.9. The predicted molar refractivity (Wildman–Crippen MR) is 106 cm³/mol. The van der Waals surface area contributed by atoms with Gasteiger partial charge in [-0.2, -0.15) is 0 Å². The Balaban J connectivity index is 1.61. The molecule has 0 radical (unpaired) electrons. The molecule has 3 N–H and O–H groups in total. The number of carboxylic acid groups (broad SMARTS) is 1. The molecule has 0 bridgehead atoms. The van der Waals surface area contributed by atoms with E-state index in [9.17, 15) is 14.4 Å².